The Hall–Kier alpha value is -3.08. The molecular weight excluding hydrogens is 318 g/mol. The van der Waals surface area contributed by atoms with Crippen LogP contribution in [0.1, 0.15) is 36.7 Å². The van der Waals surface area contributed by atoms with E-state index in [9.17, 15) is 9.59 Å². The van der Waals surface area contributed by atoms with E-state index < -0.39 is 11.9 Å². The fourth-order valence-corrected chi connectivity index (χ4v) is 2.12. The molecule has 0 radical (unpaired) electrons. The number of carbonyl (C=O) groups is 2. The standard InChI is InChI=1S/C20H21NO4/c1-20(2,3)15-7-9-17(10-8-15)25-12-11-18(22)21-16-6-4-5-14(13-16)19(23)24/h4-13H,1-3H3,(H,21,22)(H,23,24)/b12-11+. The minimum absolute atomic E-state index is 0.0682. The van der Waals surface area contributed by atoms with Gasteiger partial charge in [0.25, 0.3) is 5.91 Å². The SMILES string of the molecule is CC(C)(C)c1ccc(O/C=C/C(=O)Nc2cccc(C(=O)O)c2)cc1. The van der Waals surface area contributed by atoms with Crippen molar-refractivity contribution >= 4 is 17.6 Å². The van der Waals surface area contributed by atoms with Crippen molar-refractivity contribution in [1.29, 1.82) is 0 Å². The van der Waals surface area contributed by atoms with Gasteiger partial charge in [-0.15, -0.1) is 0 Å². The van der Waals surface area contributed by atoms with Crippen LogP contribution in [0.15, 0.2) is 60.9 Å². The summed E-state index contributed by atoms with van der Waals surface area (Å²) < 4.78 is 5.41. The van der Waals surface area contributed by atoms with Gasteiger partial charge in [0.05, 0.1) is 11.8 Å². The minimum Gasteiger partial charge on any atom is -0.478 e. The van der Waals surface area contributed by atoms with Gasteiger partial charge < -0.3 is 15.2 Å². The molecule has 0 bridgehead atoms. The third kappa shape index (κ3) is 5.49. The van der Waals surface area contributed by atoms with Gasteiger partial charge in [-0.05, 0) is 41.3 Å². The van der Waals surface area contributed by atoms with Crippen molar-refractivity contribution in [2.75, 3.05) is 5.32 Å². The van der Waals surface area contributed by atoms with Crippen LogP contribution in [0.25, 0.3) is 0 Å². The number of hydrogen-bond donors (Lipinski definition) is 2. The van der Waals surface area contributed by atoms with Crippen LogP contribution in [0.2, 0.25) is 0 Å². The third-order valence-electron chi connectivity index (χ3n) is 3.52. The molecule has 130 valence electrons. The van der Waals surface area contributed by atoms with Crippen molar-refractivity contribution in [3.63, 3.8) is 0 Å². The van der Waals surface area contributed by atoms with Crippen molar-refractivity contribution in [3.05, 3.63) is 72.0 Å². The largest absolute Gasteiger partial charge is 0.478 e. The zero-order chi connectivity index (χ0) is 18.4. The predicted octanol–water partition coefficient (Wildman–Crippen LogP) is 4.21. The first-order valence-electron chi connectivity index (χ1n) is 7.84. The Bertz CT molecular complexity index is 786. The maximum Gasteiger partial charge on any atom is 0.335 e. The number of rotatable bonds is 5. The highest BCUT2D eigenvalue weighted by atomic mass is 16.5. The molecule has 0 spiro atoms. The summed E-state index contributed by atoms with van der Waals surface area (Å²) in [6.07, 6.45) is 2.54. The number of nitrogens with one attached hydrogen (secondary N) is 1. The van der Waals surface area contributed by atoms with Gasteiger partial charge in [-0.2, -0.15) is 0 Å². The van der Waals surface area contributed by atoms with Crippen molar-refractivity contribution < 1.29 is 19.4 Å². The van der Waals surface area contributed by atoms with E-state index in [1.54, 1.807) is 12.1 Å². The summed E-state index contributed by atoms with van der Waals surface area (Å²) in [5.74, 6) is -0.826. The van der Waals surface area contributed by atoms with Gasteiger partial charge in [-0.3, -0.25) is 4.79 Å². The molecule has 0 saturated heterocycles. The number of carboxylic acid groups (broad SMARTS) is 1. The predicted molar refractivity (Wildman–Crippen MR) is 96.9 cm³/mol. The van der Waals surface area contributed by atoms with Gasteiger partial charge in [-0.1, -0.05) is 39.0 Å². The average molecular weight is 339 g/mol. The van der Waals surface area contributed by atoms with Crippen molar-refractivity contribution in [2.45, 2.75) is 26.2 Å². The topological polar surface area (TPSA) is 75.6 Å². The Morgan fingerprint density at radius 3 is 2.36 bits per heavy atom. The number of anilines is 1. The van der Waals surface area contributed by atoms with Gasteiger partial charge >= 0.3 is 5.97 Å². The fraction of sp³-hybridized carbons (Fsp3) is 0.200. The molecule has 0 saturated carbocycles. The van der Waals surface area contributed by atoms with Crippen LogP contribution < -0.4 is 10.1 Å². The van der Waals surface area contributed by atoms with E-state index in [2.05, 4.69) is 26.1 Å². The summed E-state index contributed by atoms with van der Waals surface area (Å²) in [6, 6.07) is 13.7. The van der Waals surface area contributed by atoms with E-state index >= 15 is 0 Å². The molecule has 0 unspecified atom stereocenters. The number of hydrogen-bond acceptors (Lipinski definition) is 3. The number of aromatic carboxylic acids is 1. The summed E-state index contributed by atoms with van der Waals surface area (Å²) in [5, 5.41) is 11.5. The Kier molecular flexibility index (Phi) is 5.60. The lowest BCUT2D eigenvalue weighted by molar-refractivity contribution is -0.112. The number of amides is 1. The second-order valence-electron chi connectivity index (χ2n) is 6.57. The molecule has 2 N–H and O–H groups in total. The first kappa shape index (κ1) is 18.3. The highest BCUT2D eigenvalue weighted by Crippen LogP contribution is 2.24. The van der Waals surface area contributed by atoms with Crippen molar-refractivity contribution in [3.8, 4) is 5.75 Å². The minimum atomic E-state index is -1.05. The molecule has 2 rings (SSSR count). The zero-order valence-electron chi connectivity index (χ0n) is 14.4. The summed E-state index contributed by atoms with van der Waals surface area (Å²) in [7, 11) is 0. The Morgan fingerprint density at radius 1 is 1.08 bits per heavy atom. The van der Waals surface area contributed by atoms with E-state index in [1.165, 1.54) is 30.0 Å². The van der Waals surface area contributed by atoms with Gasteiger partial charge in [-0.25, -0.2) is 4.79 Å². The van der Waals surface area contributed by atoms with E-state index in [1.807, 2.05) is 24.3 Å². The molecule has 0 aliphatic heterocycles. The van der Waals surface area contributed by atoms with Gasteiger partial charge in [0.1, 0.15) is 5.75 Å². The second kappa shape index (κ2) is 7.66. The lowest BCUT2D eigenvalue weighted by Crippen LogP contribution is -2.10. The molecule has 0 fully saturated rings. The quantitative estimate of drug-likeness (QED) is 0.632. The first-order chi connectivity index (χ1) is 11.8. The summed E-state index contributed by atoms with van der Waals surface area (Å²) in [4.78, 5) is 22.8. The van der Waals surface area contributed by atoms with Crippen molar-refractivity contribution in [1.82, 2.24) is 0 Å². The number of ether oxygens (including phenoxy) is 1. The summed E-state index contributed by atoms with van der Waals surface area (Å²) >= 11 is 0. The monoisotopic (exact) mass is 339 g/mol. The fourth-order valence-electron chi connectivity index (χ4n) is 2.12. The van der Waals surface area contributed by atoms with Crippen LogP contribution in [0.3, 0.4) is 0 Å². The number of benzene rings is 2. The zero-order valence-corrected chi connectivity index (χ0v) is 14.4. The van der Waals surface area contributed by atoms with Crippen LogP contribution in [-0.4, -0.2) is 17.0 Å². The summed E-state index contributed by atoms with van der Waals surface area (Å²) in [6.45, 7) is 6.39. The molecule has 0 aliphatic rings. The molecule has 5 heteroatoms. The Labute approximate surface area is 146 Å². The molecule has 0 aliphatic carbocycles. The smallest absolute Gasteiger partial charge is 0.335 e. The van der Waals surface area contributed by atoms with Gasteiger partial charge in [0, 0.05) is 11.8 Å². The van der Waals surface area contributed by atoms with Crippen LogP contribution in [0.4, 0.5) is 5.69 Å². The average Bonchev–Trinajstić information content (AvgIpc) is 2.54. The van der Waals surface area contributed by atoms with Crippen LogP contribution in [0, 0.1) is 0 Å². The molecule has 25 heavy (non-hydrogen) atoms. The molecule has 0 aromatic heterocycles. The van der Waals surface area contributed by atoms with Crippen LogP contribution >= 0.6 is 0 Å². The second-order valence-corrected chi connectivity index (χ2v) is 6.57. The van der Waals surface area contributed by atoms with Gasteiger partial charge in [0.15, 0.2) is 0 Å². The third-order valence-corrected chi connectivity index (χ3v) is 3.52. The molecule has 0 heterocycles. The first-order valence-corrected chi connectivity index (χ1v) is 7.84. The van der Waals surface area contributed by atoms with E-state index in [0.717, 1.165) is 0 Å². The summed E-state index contributed by atoms with van der Waals surface area (Å²) in [5.41, 5.74) is 1.78. The Morgan fingerprint density at radius 2 is 1.76 bits per heavy atom. The van der Waals surface area contributed by atoms with Crippen molar-refractivity contribution in [2.24, 2.45) is 0 Å². The molecule has 0 atom stereocenters. The highest BCUT2D eigenvalue weighted by Gasteiger charge is 2.12. The maximum absolute atomic E-state index is 11.8. The number of carboxylic acids is 1. The molecule has 2 aromatic rings. The lowest BCUT2D eigenvalue weighted by atomic mass is 9.87. The molecular formula is C20H21NO4. The normalized spacial score (nSPS) is 11.3. The van der Waals surface area contributed by atoms with Crippen LogP contribution in [0.5, 0.6) is 5.75 Å². The molecule has 2 aromatic carbocycles. The number of carbonyl (C=O) groups excluding carboxylic acids is 1. The molecule has 1 amide bonds. The highest BCUT2D eigenvalue weighted by molar-refractivity contribution is 6.00. The maximum atomic E-state index is 11.8. The van der Waals surface area contributed by atoms with E-state index in [0.29, 0.717) is 11.4 Å². The molecule has 5 nitrogen and oxygen atoms in total. The van der Waals surface area contributed by atoms with E-state index in [4.69, 9.17) is 9.84 Å². The van der Waals surface area contributed by atoms with E-state index in [-0.39, 0.29) is 11.0 Å². The lowest BCUT2D eigenvalue weighted by Gasteiger charge is -2.18. The van der Waals surface area contributed by atoms with Crippen LogP contribution in [-0.2, 0) is 10.2 Å². The van der Waals surface area contributed by atoms with Gasteiger partial charge in [0.2, 0.25) is 0 Å². The Balaban J connectivity index is 1.92.